The molecular formula is C17H17BrClNO5S. The molecule has 0 aliphatic rings. The van der Waals surface area contributed by atoms with Crippen LogP contribution in [0.2, 0.25) is 5.02 Å². The molecule has 0 radical (unpaired) electrons. The smallest absolute Gasteiger partial charge is 0.327 e. The number of aliphatic hydroxyl groups excluding tert-OH is 1. The van der Waals surface area contributed by atoms with Crippen LogP contribution < -0.4 is 4.72 Å². The molecule has 2 aromatic carbocycles. The van der Waals surface area contributed by atoms with Crippen LogP contribution in [-0.4, -0.2) is 31.6 Å². The second-order valence-electron chi connectivity index (χ2n) is 5.53. The molecule has 0 aliphatic carbocycles. The van der Waals surface area contributed by atoms with Gasteiger partial charge in [0.05, 0.1) is 11.0 Å². The molecule has 0 bridgehead atoms. The summed E-state index contributed by atoms with van der Waals surface area (Å²) in [6.07, 6.45) is -1.28. The van der Waals surface area contributed by atoms with Gasteiger partial charge in [0.2, 0.25) is 10.0 Å². The van der Waals surface area contributed by atoms with E-state index in [1.807, 2.05) is 0 Å². The lowest BCUT2D eigenvalue weighted by molar-refractivity contribution is -0.149. The molecule has 2 atom stereocenters. The lowest BCUT2D eigenvalue weighted by atomic mass is 10.2. The van der Waals surface area contributed by atoms with Crippen LogP contribution in [0.5, 0.6) is 0 Å². The summed E-state index contributed by atoms with van der Waals surface area (Å²) in [4.78, 5) is 12.2. The fraction of sp³-hybridized carbons (Fsp3) is 0.235. The third-order valence-corrected chi connectivity index (χ3v) is 5.67. The average molecular weight is 463 g/mol. The maximum Gasteiger partial charge on any atom is 0.327 e. The van der Waals surface area contributed by atoms with Gasteiger partial charge in [-0.05, 0) is 48.9 Å². The highest BCUT2D eigenvalue weighted by molar-refractivity contribution is 9.10. The lowest BCUT2D eigenvalue weighted by Gasteiger charge is -2.20. The van der Waals surface area contributed by atoms with E-state index in [-0.39, 0.29) is 11.5 Å². The van der Waals surface area contributed by atoms with Gasteiger partial charge in [-0.15, -0.1) is 0 Å². The van der Waals surface area contributed by atoms with Crippen molar-refractivity contribution in [2.75, 3.05) is 0 Å². The number of carbonyl (C=O) groups is 1. The van der Waals surface area contributed by atoms with E-state index in [4.69, 9.17) is 16.3 Å². The minimum absolute atomic E-state index is 0.0436. The predicted octanol–water partition coefficient (Wildman–Crippen LogP) is 2.87. The number of halogens is 2. The summed E-state index contributed by atoms with van der Waals surface area (Å²) in [6.45, 7) is 1.26. The number of carbonyl (C=O) groups excluding carboxylic acids is 1. The van der Waals surface area contributed by atoms with Crippen molar-refractivity contribution in [2.24, 2.45) is 0 Å². The van der Waals surface area contributed by atoms with Crippen molar-refractivity contribution in [1.29, 1.82) is 0 Å². The highest BCUT2D eigenvalue weighted by Crippen LogP contribution is 2.16. The minimum atomic E-state index is -4.03. The third kappa shape index (κ3) is 5.78. The number of rotatable bonds is 7. The van der Waals surface area contributed by atoms with Crippen LogP contribution in [0, 0.1) is 0 Å². The first-order valence-corrected chi connectivity index (χ1v) is 10.2. The van der Waals surface area contributed by atoms with Gasteiger partial charge in [-0.2, -0.15) is 4.72 Å². The first-order valence-electron chi connectivity index (χ1n) is 7.56. The number of ether oxygens (including phenoxy) is 1. The van der Waals surface area contributed by atoms with Crippen molar-refractivity contribution < 1.29 is 23.1 Å². The quantitative estimate of drug-likeness (QED) is 0.617. The number of hydrogen-bond donors (Lipinski definition) is 2. The van der Waals surface area contributed by atoms with Crippen molar-refractivity contribution in [3.8, 4) is 0 Å². The summed E-state index contributed by atoms with van der Waals surface area (Å²) >= 11 is 9.05. The van der Waals surface area contributed by atoms with Gasteiger partial charge >= 0.3 is 5.97 Å². The largest absolute Gasteiger partial charge is 0.460 e. The lowest BCUT2D eigenvalue weighted by Crippen LogP contribution is -2.48. The number of esters is 1. The Morgan fingerprint density at radius 3 is 2.31 bits per heavy atom. The number of aliphatic hydroxyl groups is 1. The molecule has 0 saturated heterocycles. The predicted molar refractivity (Wildman–Crippen MR) is 101 cm³/mol. The highest BCUT2D eigenvalue weighted by atomic mass is 79.9. The molecule has 0 unspecified atom stereocenters. The normalized spacial score (nSPS) is 13.8. The molecule has 2 rings (SSSR count). The van der Waals surface area contributed by atoms with Crippen LogP contribution in [0.15, 0.2) is 57.9 Å². The molecule has 140 valence electrons. The minimum Gasteiger partial charge on any atom is -0.460 e. The fourth-order valence-corrected chi connectivity index (χ4v) is 3.67. The summed E-state index contributed by atoms with van der Waals surface area (Å²) in [5.41, 5.74) is 0.728. The SMILES string of the molecule is C[C@@H](O)[C@@H](NS(=O)(=O)c1ccc(Cl)cc1)C(=O)OCc1ccc(Br)cc1. The summed E-state index contributed by atoms with van der Waals surface area (Å²) in [7, 11) is -4.03. The molecule has 26 heavy (non-hydrogen) atoms. The zero-order chi connectivity index (χ0) is 19.3. The molecule has 2 aromatic rings. The summed E-state index contributed by atoms with van der Waals surface area (Å²) in [5.74, 6) is -0.875. The second kappa shape index (κ2) is 8.96. The maximum atomic E-state index is 12.4. The van der Waals surface area contributed by atoms with Gasteiger partial charge in [0.15, 0.2) is 0 Å². The molecule has 0 amide bonds. The Hall–Kier alpha value is -1.45. The molecule has 0 fully saturated rings. The number of sulfonamides is 1. The third-order valence-electron chi connectivity index (χ3n) is 3.44. The first-order chi connectivity index (χ1) is 12.2. The Balaban J connectivity index is 2.08. The Bertz CT molecular complexity index is 854. The molecule has 9 heteroatoms. The molecule has 0 aromatic heterocycles. The van der Waals surface area contributed by atoms with E-state index in [9.17, 15) is 18.3 Å². The van der Waals surface area contributed by atoms with Crippen molar-refractivity contribution >= 4 is 43.5 Å². The average Bonchev–Trinajstić information content (AvgIpc) is 2.59. The highest BCUT2D eigenvalue weighted by Gasteiger charge is 2.31. The monoisotopic (exact) mass is 461 g/mol. The van der Waals surface area contributed by atoms with Crippen molar-refractivity contribution in [2.45, 2.75) is 30.6 Å². The van der Waals surface area contributed by atoms with Crippen LogP contribution in [0.4, 0.5) is 0 Å². The molecule has 2 N–H and O–H groups in total. The van der Waals surface area contributed by atoms with Gasteiger partial charge in [-0.3, -0.25) is 4.79 Å². The van der Waals surface area contributed by atoms with E-state index in [0.717, 1.165) is 10.0 Å². The van der Waals surface area contributed by atoms with Crippen LogP contribution in [0.1, 0.15) is 12.5 Å². The van der Waals surface area contributed by atoms with E-state index in [2.05, 4.69) is 20.7 Å². The summed E-state index contributed by atoms with van der Waals surface area (Å²) < 4.78 is 33.0. The Labute approximate surface area is 165 Å². The molecule has 0 heterocycles. The standard InChI is InChI=1S/C17H17BrClNO5S/c1-11(21)16(17(22)25-10-12-2-4-13(18)5-3-12)20-26(23,24)15-8-6-14(19)7-9-15/h2-9,11,16,20-21H,10H2,1H3/t11-,16-/m1/s1. The van der Waals surface area contributed by atoms with Crippen LogP contribution >= 0.6 is 27.5 Å². The molecule has 0 spiro atoms. The van der Waals surface area contributed by atoms with E-state index in [1.54, 1.807) is 24.3 Å². The van der Waals surface area contributed by atoms with Gasteiger partial charge in [0.1, 0.15) is 12.6 Å². The van der Waals surface area contributed by atoms with Crippen LogP contribution in [0.3, 0.4) is 0 Å². The Morgan fingerprint density at radius 2 is 1.77 bits per heavy atom. The number of nitrogens with one attached hydrogen (secondary N) is 1. The van der Waals surface area contributed by atoms with Crippen molar-refractivity contribution in [3.05, 3.63) is 63.6 Å². The molecule has 0 aliphatic heterocycles. The molecule has 0 saturated carbocycles. The molecular weight excluding hydrogens is 446 g/mol. The Morgan fingerprint density at radius 1 is 1.19 bits per heavy atom. The second-order valence-corrected chi connectivity index (χ2v) is 8.59. The summed E-state index contributed by atoms with van der Waals surface area (Å²) in [5, 5.41) is 10.2. The van der Waals surface area contributed by atoms with Crippen LogP contribution in [-0.2, 0) is 26.2 Å². The number of hydrogen-bond acceptors (Lipinski definition) is 5. The first kappa shape index (κ1) is 20.9. The van der Waals surface area contributed by atoms with E-state index in [1.165, 1.54) is 31.2 Å². The Kier molecular flexibility index (Phi) is 7.19. The molecule has 6 nitrogen and oxygen atoms in total. The van der Waals surface area contributed by atoms with Crippen LogP contribution in [0.25, 0.3) is 0 Å². The zero-order valence-electron chi connectivity index (χ0n) is 13.7. The van der Waals surface area contributed by atoms with Gasteiger partial charge in [-0.1, -0.05) is 39.7 Å². The number of benzene rings is 2. The van der Waals surface area contributed by atoms with Gasteiger partial charge in [0.25, 0.3) is 0 Å². The van der Waals surface area contributed by atoms with E-state index in [0.29, 0.717) is 5.02 Å². The van der Waals surface area contributed by atoms with E-state index < -0.39 is 28.1 Å². The van der Waals surface area contributed by atoms with Crippen molar-refractivity contribution in [3.63, 3.8) is 0 Å². The zero-order valence-corrected chi connectivity index (χ0v) is 16.9. The fourth-order valence-electron chi connectivity index (χ4n) is 2.02. The van der Waals surface area contributed by atoms with Gasteiger partial charge in [0, 0.05) is 9.50 Å². The summed E-state index contributed by atoms with van der Waals surface area (Å²) in [6, 6.07) is 11.1. The topological polar surface area (TPSA) is 92.7 Å². The van der Waals surface area contributed by atoms with Gasteiger partial charge < -0.3 is 9.84 Å². The van der Waals surface area contributed by atoms with Crippen molar-refractivity contribution in [1.82, 2.24) is 4.72 Å². The van der Waals surface area contributed by atoms with Gasteiger partial charge in [-0.25, -0.2) is 8.42 Å². The van der Waals surface area contributed by atoms with E-state index >= 15 is 0 Å². The maximum absolute atomic E-state index is 12.4.